The first-order valence-corrected chi connectivity index (χ1v) is 12.6. The van der Waals surface area contributed by atoms with Crippen LogP contribution in [-0.4, -0.2) is 46.5 Å². The maximum Gasteiger partial charge on any atom is 0.408 e. The molecule has 0 bridgehead atoms. The molecule has 192 valence electrons. The van der Waals surface area contributed by atoms with Gasteiger partial charge in [0.25, 0.3) is 0 Å². The van der Waals surface area contributed by atoms with Crippen molar-refractivity contribution in [2.75, 3.05) is 0 Å². The second-order valence-electron chi connectivity index (χ2n) is 10.7. The van der Waals surface area contributed by atoms with E-state index in [1.807, 2.05) is 27.7 Å². The van der Waals surface area contributed by atoms with Crippen molar-refractivity contribution in [3.05, 3.63) is 35.4 Å². The number of rotatable bonds is 9. The van der Waals surface area contributed by atoms with Gasteiger partial charge < -0.3 is 20.3 Å². The molecule has 0 spiro atoms. The SMILES string of the molecule is C#Cc1ccc(C(C(=O)NC(C)C)N(C(=O)C(NC(=O)OC(C)(C)C)C(C)CC)C2CCC2)cc1. The smallest absolute Gasteiger partial charge is 0.408 e. The summed E-state index contributed by atoms with van der Waals surface area (Å²) in [5.74, 6) is 1.90. The molecule has 1 saturated carbocycles. The quantitative estimate of drug-likeness (QED) is 0.504. The van der Waals surface area contributed by atoms with Gasteiger partial charge in [0.1, 0.15) is 17.7 Å². The summed E-state index contributed by atoms with van der Waals surface area (Å²) in [5, 5.41) is 5.78. The van der Waals surface area contributed by atoms with Crippen LogP contribution in [0.25, 0.3) is 0 Å². The third-order valence-corrected chi connectivity index (χ3v) is 6.22. The minimum Gasteiger partial charge on any atom is -0.444 e. The van der Waals surface area contributed by atoms with Crippen molar-refractivity contribution in [2.24, 2.45) is 5.92 Å². The van der Waals surface area contributed by atoms with Crippen LogP contribution in [0.5, 0.6) is 0 Å². The number of hydrogen-bond acceptors (Lipinski definition) is 4. The Morgan fingerprint density at radius 3 is 2.14 bits per heavy atom. The van der Waals surface area contributed by atoms with Gasteiger partial charge in [0, 0.05) is 17.6 Å². The van der Waals surface area contributed by atoms with Crippen molar-refractivity contribution in [1.82, 2.24) is 15.5 Å². The first-order chi connectivity index (χ1) is 16.4. The minimum absolute atomic E-state index is 0.0929. The topological polar surface area (TPSA) is 87.7 Å². The normalized spacial score (nSPS) is 16.3. The lowest BCUT2D eigenvalue weighted by molar-refractivity contribution is -0.148. The lowest BCUT2D eigenvalue weighted by atomic mass is 9.86. The van der Waals surface area contributed by atoms with Crippen molar-refractivity contribution in [3.63, 3.8) is 0 Å². The molecule has 1 aromatic carbocycles. The summed E-state index contributed by atoms with van der Waals surface area (Å²) in [6, 6.07) is 5.31. The van der Waals surface area contributed by atoms with Gasteiger partial charge in [0.05, 0.1) is 0 Å². The number of nitrogens with one attached hydrogen (secondary N) is 2. The molecule has 3 atom stereocenters. The van der Waals surface area contributed by atoms with Crippen LogP contribution in [0.1, 0.15) is 91.3 Å². The predicted molar refractivity (Wildman–Crippen MR) is 137 cm³/mol. The van der Waals surface area contributed by atoms with Crippen molar-refractivity contribution >= 4 is 17.9 Å². The van der Waals surface area contributed by atoms with Gasteiger partial charge in [-0.25, -0.2) is 4.79 Å². The molecular formula is C28H41N3O4. The van der Waals surface area contributed by atoms with Crippen LogP contribution >= 0.6 is 0 Å². The number of carbonyl (C=O) groups is 3. The second-order valence-corrected chi connectivity index (χ2v) is 10.7. The van der Waals surface area contributed by atoms with E-state index in [0.29, 0.717) is 17.5 Å². The average molecular weight is 484 g/mol. The highest BCUT2D eigenvalue weighted by Crippen LogP contribution is 2.34. The number of nitrogens with zero attached hydrogens (tertiary/aromatic N) is 1. The fourth-order valence-corrected chi connectivity index (χ4v) is 4.02. The molecule has 3 unspecified atom stereocenters. The lowest BCUT2D eigenvalue weighted by Crippen LogP contribution is -2.59. The van der Waals surface area contributed by atoms with E-state index < -0.39 is 23.8 Å². The molecule has 3 amide bonds. The van der Waals surface area contributed by atoms with Crippen LogP contribution < -0.4 is 10.6 Å². The van der Waals surface area contributed by atoms with Crippen molar-refractivity contribution in [2.45, 2.75) is 104 Å². The Balaban J connectivity index is 2.51. The average Bonchev–Trinajstić information content (AvgIpc) is 2.73. The summed E-state index contributed by atoms with van der Waals surface area (Å²) in [7, 11) is 0. The van der Waals surface area contributed by atoms with Crippen LogP contribution in [0.15, 0.2) is 24.3 Å². The number of amides is 3. The molecule has 0 aromatic heterocycles. The van der Waals surface area contributed by atoms with E-state index in [1.54, 1.807) is 49.9 Å². The molecule has 0 saturated heterocycles. The molecule has 0 aliphatic heterocycles. The molecule has 1 aromatic rings. The van der Waals surface area contributed by atoms with Gasteiger partial charge >= 0.3 is 6.09 Å². The van der Waals surface area contributed by atoms with Crippen molar-refractivity contribution in [3.8, 4) is 12.3 Å². The van der Waals surface area contributed by atoms with E-state index in [2.05, 4.69) is 16.6 Å². The summed E-state index contributed by atoms with van der Waals surface area (Å²) in [6.45, 7) is 13.0. The summed E-state index contributed by atoms with van der Waals surface area (Å²) in [5.41, 5.74) is 0.684. The van der Waals surface area contributed by atoms with E-state index >= 15 is 0 Å². The highest BCUT2D eigenvalue weighted by molar-refractivity contribution is 5.92. The van der Waals surface area contributed by atoms with Gasteiger partial charge in [0.15, 0.2) is 0 Å². The fraction of sp³-hybridized carbons (Fsp3) is 0.607. The standard InChI is InChI=1S/C28H41N3O4/c1-9-19(5)23(30-27(34)35-28(6,7)8)26(33)31(22-12-11-13-22)24(25(32)29-18(3)4)21-16-14-20(10-2)15-17-21/h2,14-19,22-24H,9,11-13H2,1,3-8H3,(H,29,32)(H,30,34). The van der Waals surface area contributed by atoms with Gasteiger partial charge in [-0.2, -0.15) is 0 Å². The van der Waals surface area contributed by atoms with Crippen LogP contribution in [0.3, 0.4) is 0 Å². The van der Waals surface area contributed by atoms with Gasteiger partial charge in [-0.1, -0.05) is 38.3 Å². The highest BCUT2D eigenvalue weighted by Gasteiger charge is 2.43. The van der Waals surface area contributed by atoms with Crippen molar-refractivity contribution in [1.29, 1.82) is 0 Å². The largest absolute Gasteiger partial charge is 0.444 e. The third kappa shape index (κ3) is 7.74. The van der Waals surface area contributed by atoms with E-state index in [4.69, 9.17) is 11.2 Å². The summed E-state index contributed by atoms with van der Waals surface area (Å²) >= 11 is 0. The maximum absolute atomic E-state index is 14.2. The molecule has 1 aliphatic rings. The zero-order chi connectivity index (χ0) is 26.3. The Labute approximate surface area is 210 Å². The molecule has 1 aliphatic carbocycles. The molecule has 35 heavy (non-hydrogen) atoms. The Morgan fingerprint density at radius 2 is 1.71 bits per heavy atom. The number of ether oxygens (including phenoxy) is 1. The molecule has 2 N–H and O–H groups in total. The number of benzene rings is 1. The van der Waals surface area contributed by atoms with E-state index in [0.717, 1.165) is 19.3 Å². The number of carbonyl (C=O) groups excluding carboxylic acids is 3. The van der Waals surface area contributed by atoms with E-state index in [9.17, 15) is 14.4 Å². The fourth-order valence-electron chi connectivity index (χ4n) is 4.02. The zero-order valence-corrected chi connectivity index (χ0v) is 22.2. The first-order valence-electron chi connectivity index (χ1n) is 12.6. The Morgan fingerprint density at radius 1 is 1.11 bits per heavy atom. The molecule has 2 rings (SSSR count). The molecule has 7 nitrogen and oxygen atoms in total. The van der Waals surface area contributed by atoms with E-state index in [-0.39, 0.29) is 29.8 Å². The summed E-state index contributed by atoms with van der Waals surface area (Å²) in [4.78, 5) is 42.0. The van der Waals surface area contributed by atoms with Gasteiger partial charge in [-0.05, 0) is 77.5 Å². The summed E-state index contributed by atoms with van der Waals surface area (Å²) in [6.07, 6.45) is 8.14. The molecule has 1 fully saturated rings. The monoisotopic (exact) mass is 483 g/mol. The molecule has 0 heterocycles. The Bertz CT molecular complexity index is 923. The second kappa shape index (κ2) is 12.1. The molecule has 0 radical (unpaired) electrons. The molecular weight excluding hydrogens is 442 g/mol. The Hall–Kier alpha value is -3.01. The van der Waals surface area contributed by atoms with Gasteiger partial charge in [-0.15, -0.1) is 6.42 Å². The van der Waals surface area contributed by atoms with Crippen LogP contribution in [0.4, 0.5) is 4.79 Å². The number of alkyl carbamates (subject to hydrolysis) is 1. The molecule has 7 heteroatoms. The number of terminal acetylenes is 1. The van der Waals surface area contributed by atoms with E-state index in [1.165, 1.54) is 0 Å². The maximum atomic E-state index is 14.2. The number of hydrogen-bond donors (Lipinski definition) is 2. The lowest BCUT2D eigenvalue weighted by Gasteiger charge is -2.44. The first kappa shape index (κ1) is 28.2. The van der Waals surface area contributed by atoms with Crippen LogP contribution in [-0.2, 0) is 14.3 Å². The van der Waals surface area contributed by atoms with Crippen LogP contribution in [0, 0.1) is 18.3 Å². The third-order valence-electron chi connectivity index (χ3n) is 6.22. The van der Waals surface area contributed by atoms with Gasteiger partial charge in [-0.3, -0.25) is 9.59 Å². The van der Waals surface area contributed by atoms with Crippen molar-refractivity contribution < 1.29 is 19.1 Å². The zero-order valence-electron chi connectivity index (χ0n) is 22.2. The predicted octanol–water partition coefficient (Wildman–Crippen LogP) is 4.55. The van der Waals surface area contributed by atoms with Crippen LogP contribution in [0.2, 0.25) is 0 Å². The Kier molecular flexibility index (Phi) is 9.76. The summed E-state index contributed by atoms with van der Waals surface area (Å²) < 4.78 is 5.45. The highest BCUT2D eigenvalue weighted by atomic mass is 16.6. The van der Waals surface area contributed by atoms with Gasteiger partial charge in [0.2, 0.25) is 11.8 Å². The minimum atomic E-state index is -0.839.